The van der Waals surface area contributed by atoms with E-state index < -0.39 is 24.8 Å². The van der Waals surface area contributed by atoms with Crippen molar-refractivity contribution < 1.29 is 32.0 Å². The van der Waals surface area contributed by atoms with E-state index in [0.29, 0.717) is 13.1 Å². The zero-order valence-corrected chi connectivity index (χ0v) is 15.1. The highest BCUT2D eigenvalue weighted by molar-refractivity contribution is 6.63. The molecule has 1 aromatic carbocycles. The van der Waals surface area contributed by atoms with E-state index in [9.17, 15) is 18.0 Å². The zero-order chi connectivity index (χ0) is 19.4. The molecule has 5 nitrogen and oxygen atoms in total. The molecule has 1 fully saturated rings. The Bertz CT molecular complexity index is 623. The summed E-state index contributed by atoms with van der Waals surface area (Å²) in [5, 5.41) is 3.05. The SMILES string of the molecule is CC(C)(C)COC(=O)c1ccc(C(F)(F)F)cc1B1OCCNCCO1. The summed E-state index contributed by atoms with van der Waals surface area (Å²) in [6.07, 6.45) is -4.54. The van der Waals surface area contributed by atoms with Crippen molar-refractivity contribution >= 4 is 18.6 Å². The largest absolute Gasteiger partial charge is 0.494 e. The number of rotatable bonds is 3. The van der Waals surface area contributed by atoms with Crippen molar-refractivity contribution in [1.29, 1.82) is 0 Å². The summed E-state index contributed by atoms with van der Waals surface area (Å²) < 4.78 is 55.6. The van der Waals surface area contributed by atoms with Crippen LogP contribution >= 0.6 is 0 Å². The number of benzene rings is 1. The van der Waals surface area contributed by atoms with E-state index in [0.717, 1.165) is 18.2 Å². The van der Waals surface area contributed by atoms with Gasteiger partial charge in [0.15, 0.2) is 0 Å². The van der Waals surface area contributed by atoms with Gasteiger partial charge in [0.25, 0.3) is 0 Å². The van der Waals surface area contributed by atoms with Crippen molar-refractivity contribution in [2.45, 2.75) is 26.9 Å². The summed E-state index contributed by atoms with van der Waals surface area (Å²) >= 11 is 0. The lowest BCUT2D eigenvalue weighted by Gasteiger charge is -2.22. The Morgan fingerprint density at radius 3 is 2.35 bits per heavy atom. The predicted octanol–water partition coefficient (Wildman–Crippen LogP) is 2.24. The van der Waals surface area contributed by atoms with Crippen molar-refractivity contribution in [2.24, 2.45) is 5.41 Å². The monoisotopic (exact) mass is 373 g/mol. The van der Waals surface area contributed by atoms with Crippen LogP contribution in [0, 0.1) is 5.41 Å². The Labute approximate surface area is 151 Å². The van der Waals surface area contributed by atoms with Crippen LogP contribution in [0.5, 0.6) is 0 Å². The topological polar surface area (TPSA) is 56.8 Å². The van der Waals surface area contributed by atoms with Gasteiger partial charge >= 0.3 is 19.3 Å². The summed E-state index contributed by atoms with van der Waals surface area (Å²) in [5.74, 6) is -0.698. The Morgan fingerprint density at radius 2 is 1.81 bits per heavy atom. The second kappa shape index (κ2) is 8.41. The molecule has 2 rings (SSSR count). The molecule has 0 saturated carbocycles. The third kappa shape index (κ3) is 6.00. The number of carbonyl (C=O) groups is 1. The number of ether oxygens (including phenoxy) is 1. The van der Waals surface area contributed by atoms with Gasteiger partial charge in [-0.3, -0.25) is 0 Å². The molecule has 9 heteroatoms. The molecule has 1 aromatic rings. The van der Waals surface area contributed by atoms with Gasteiger partial charge in [0.1, 0.15) is 0 Å². The van der Waals surface area contributed by atoms with Gasteiger partial charge in [-0.25, -0.2) is 4.79 Å². The van der Waals surface area contributed by atoms with Gasteiger partial charge in [-0.05, 0) is 29.1 Å². The van der Waals surface area contributed by atoms with E-state index in [-0.39, 0.29) is 36.3 Å². The van der Waals surface area contributed by atoms with Gasteiger partial charge in [0.2, 0.25) is 0 Å². The molecular formula is C17H23BF3NO4. The fourth-order valence-electron chi connectivity index (χ4n) is 2.31. The van der Waals surface area contributed by atoms with Crippen LogP contribution in [0.25, 0.3) is 0 Å². The molecule has 1 heterocycles. The molecule has 0 bridgehead atoms. The maximum Gasteiger partial charge on any atom is 0.494 e. The Hall–Kier alpha value is -1.58. The second-order valence-corrected chi connectivity index (χ2v) is 7.26. The summed E-state index contributed by atoms with van der Waals surface area (Å²) in [6.45, 7) is 7.40. The molecule has 0 aliphatic carbocycles. The first-order valence-corrected chi connectivity index (χ1v) is 8.40. The zero-order valence-electron chi connectivity index (χ0n) is 15.1. The first kappa shape index (κ1) is 20.7. The Kier molecular flexibility index (Phi) is 6.71. The molecular weight excluding hydrogens is 350 g/mol. The molecule has 0 atom stereocenters. The predicted molar refractivity (Wildman–Crippen MR) is 91.3 cm³/mol. The third-order valence-electron chi connectivity index (χ3n) is 3.59. The molecule has 0 spiro atoms. The lowest BCUT2D eigenvalue weighted by molar-refractivity contribution is -0.137. The van der Waals surface area contributed by atoms with Crippen molar-refractivity contribution in [3.8, 4) is 0 Å². The van der Waals surface area contributed by atoms with Crippen LogP contribution in [0.2, 0.25) is 0 Å². The minimum absolute atomic E-state index is 0.0146. The van der Waals surface area contributed by atoms with Crippen LogP contribution in [0.3, 0.4) is 0 Å². The highest BCUT2D eigenvalue weighted by Crippen LogP contribution is 2.29. The van der Waals surface area contributed by atoms with Crippen LogP contribution in [0.1, 0.15) is 36.7 Å². The van der Waals surface area contributed by atoms with Gasteiger partial charge in [0, 0.05) is 26.3 Å². The number of halogens is 3. The molecule has 1 saturated heterocycles. The number of carbonyl (C=O) groups excluding carboxylic acids is 1. The molecule has 26 heavy (non-hydrogen) atoms. The number of hydrogen-bond donors (Lipinski definition) is 1. The van der Waals surface area contributed by atoms with Gasteiger partial charge in [-0.15, -0.1) is 0 Å². The van der Waals surface area contributed by atoms with Crippen molar-refractivity contribution in [1.82, 2.24) is 5.32 Å². The second-order valence-electron chi connectivity index (χ2n) is 7.26. The number of alkyl halides is 3. The third-order valence-corrected chi connectivity index (χ3v) is 3.59. The highest BCUT2D eigenvalue weighted by Gasteiger charge is 2.35. The van der Waals surface area contributed by atoms with Gasteiger partial charge in [-0.2, -0.15) is 13.2 Å². The molecule has 0 unspecified atom stereocenters. The maximum atomic E-state index is 13.1. The molecule has 144 valence electrons. The van der Waals surface area contributed by atoms with Crippen molar-refractivity contribution in [3.05, 3.63) is 29.3 Å². The van der Waals surface area contributed by atoms with Crippen LogP contribution in [0.4, 0.5) is 13.2 Å². The molecule has 1 aliphatic heterocycles. The minimum atomic E-state index is -4.54. The van der Waals surface area contributed by atoms with E-state index >= 15 is 0 Å². The van der Waals surface area contributed by atoms with Crippen LogP contribution < -0.4 is 10.8 Å². The number of hydrogen-bond acceptors (Lipinski definition) is 5. The van der Waals surface area contributed by atoms with Crippen molar-refractivity contribution in [3.63, 3.8) is 0 Å². The molecule has 1 N–H and O–H groups in total. The quantitative estimate of drug-likeness (QED) is 0.651. The Morgan fingerprint density at radius 1 is 1.19 bits per heavy atom. The summed E-state index contributed by atoms with van der Waals surface area (Å²) in [4.78, 5) is 12.4. The maximum absolute atomic E-state index is 13.1. The van der Waals surface area contributed by atoms with E-state index in [2.05, 4.69) is 5.32 Å². The summed E-state index contributed by atoms with van der Waals surface area (Å²) in [6, 6.07) is 2.88. The number of esters is 1. The number of nitrogens with one attached hydrogen (secondary N) is 1. The molecule has 0 amide bonds. The van der Waals surface area contributed by atoms with Gasteiger partial charge in [-0.1, -0.05) is 20.8 Å². The fraction of sp³-hybridized carbons (Fsp3) is 0.588. The van der Waals surface area contributed by atoms with Gasteiger partial charge < -0.3 is 19.4 Å². The lowest BCUT2D eigenvalue weighted by atomic mass is 9.74. The van der Waals surface area contributed by atoms with Crippen LogP contribution in [-0.4, -0.2) is 46.0 Å². The molecule has 0 aromatic heterocycles. The average molecular weight is 373 g/mol. The molecule has 0 radical (unpaired) electrons. The lowest BCUT2D eigenvalue weighted by Crippen LogP contribution is -2.45. The minimum Gasteiger partial charge on any atom is -0.462 e. The van der Waals surface area contributed by atoms with E-state index in [4.69, 9.17) is 14.0 Å². The first-order valence-electron chi connectivity index (χ1n) is 8.40. The van der Waals surface area contributed by atoms with Crippen LogP contribution in [-0.2, 0) is 20.2 Å². The smallest absolute Gasteiger partial charge is 0.462 e. The summed E-state index contributed by atoms with van der Waals surface area (Å²) in [7, 11) is -1.06. The van der Waals surface area contributed by atoms with Gasteiger partial charge in [0.05, 0.1) is 17.7 Å². The average Bonchev–Trinajstić information content (AvgIpc) is 2.50. The van der Waals surface area contributed by atoms with E-state index in [1.54, 1.807) is 0 Å². The van der Waals surface area contributed by atoms with E-state index in [1.165, 1.54) is 0 Å². The van der Waals surface area contributed by atoms with E-state index in [1.807, 2.05) is 20.8 Å². The van der Waals surface area contributed by atoms with Crippen LogP contribution in [0.15, 0.2) is 18.2 Å². The summed E-state index contributed by atoms with van der Waals surface area (Å²) in [5.41, 5.74) is -1.09. The first-order chi connectivity index (χ1) is 12.1. The normalized spacial score (nSPS) is 16.8. The fourth-order valence-corrected chi connectivity index (χ4v) is 2.31. The Balaban J connectivity index is 2.34. The standard InChI is InChI=1S/C17H23BF3NO4/c1-16(2,3)11-24-15(23)13-5-4-12(17(19,20)21)10-14(13)18-25-8-6-22-7-9-26-18/h4-5,10,22H,6-9,11H2,1-3H3. The molecule has 1 aliphatic rings. The van der Waals surface area contributed by atoms with Crippen molar-refractivity contribution in [2.75, 3.05) is 32.9 Å². The highest BCUT2D eigenvalue weighted by atomic mass is 19.4.